The van der Waals surface area contributed by atoms with Gasteiger partial charge in [-0.2, -0.15) is 0 Å². The number of alkyl halides is 1. The van der Waals surface area contributed by atoms with Gasteiger partial charge in [-0.25, -0.2) is 14.2 Å². The van der Waals surface area contributed by atoms with Crippen LogP contribution in [0.2, 0.25) is 0 Å². The normalized spacial score (nSPS) is 21.6. The number of ether oxygens (including phenoxy) is 2. The molecule has 3 aliphatic rings. The van der Waals surface area contributed by atoms with E-state index < -0.39 is 18.6 Å². The Bertz CT molecular complexity index is 1590. The van der Waals surface area contributed by atoms with Crippen LogP contribution in [0.15, 0.2) is 46.9 Å². The number of aromatic nitrogens is 1. The van der Waals surface area contributed by atoms with Crippen LogP contribution in [-0.2, 0) is 14.3 Å². The Labute approximate surface area is 251 Å². The van der Waals surface area contributed by atoms with Gasteiger partial charge in [0, 0.05) is 48.5 Å². The monoisotopic (exact) mass is 590 g/mol. The molecule has 5 rings (SSSR count). The highest BCUT2D eigenvalue weighted by atomic mass is 19.1. The van der Waals surface area contributed by atoms with Crippen LogP contribution in [0.25, 0.3) is 11.3 Å². The van der Waals surface area contributed by atoms with E-state index in [-0.39, 0.29) is 47.7 Å². The van der Waals surface area contributed by atoms with Crippen molar-refractivity contribution in [3.63, 3.8) is 0 Å². The first-order valence-corrected chi connectivity index (χ1v) is 14.7. The fourth-order valence-electron chi connectivity index (χ4n) is 6.86. The van der Waals surface area contributed by atoms with E-state index in [9.17, 15) is 23.9 Å². The number of carboxylic acids is 1. The topological polar surface area (TPSA) is 106 Å². The van der Waals surface area contributed by atoms with Crippen LogP contribution in [0.5, 0.6) is 5.75 Å². The number of methoxy groups -OCH3 is 1. The zero-order valence-electron chi connectivity index (χ0n) is 25.8. The van der Waals surface area contributed by atoms with Gasteiger partial charge in [0.05, 0.1) is 24.3 Å². The smallest absolute Gasteiger partial charge is 0.354 e. The van der Waals surface area contributed by atoms with Crippen molar-refractivity contribution in [3.8, 4) is 17.0 Å². The van der Waals surface area contributed by atoms with Crippen LogP contribution in [0.3, 0.4) is 0 Å². The van der Waals surface area contributed by atoms with Gasteiger partial charge in [-0.05, 0) is 54.5 Å². The van der Waals surface area contributed by atoms with Crippen molar-refractivity contribution < 1.29 is 33.4 Å². The van der Waals surface area contributed by atoms with E-state index >= 15 is 0 Å². The molecule has 0 spiro atoms. The molecule has 1 aromatic heterocycles. The van der Waals surface area contributed by atoms with Crippen LogP contribution in [0.4, 0.5) is 4.39 Å². The Hall–Kier alpha value is -4.01. The second-order valence-corrected chi connectivity index (χ2v) is 12.9. The van der Waals surface area contributed by atoms with Crippen LogP contribution in [-0.4, -0.2) is 59.0 Å². The molecule has 1 N–H and O–H groups in total. The van der Waals surface area contributed by atoms with Crippen LogP contribution in [0, 0.1) is 25.2 Å². The molecule has 2 aliphatic heterocycles. The number of aryl methyl sites for hydroxylation is 1. The van der Waals surface area contributed by atoms with Crippen molar-refractivity contribution in [3.05, 3.63) is 69.3 Å². The maximum atomic E-state index is 14.3. The number of aromatic carboxylic acids is 1. The van der Waals surface area contributed by atoms with Gasteiger partial charge >= 0.3 is 5.97 Å². The number of amides is 1. The third-order valence-corrected chi connectivity index (χ3v) is 8.94. The summed E-state index contributed by atoms with van der Waals surface area (Å²) in [5.41, 5.74) is 3.34. The molecule has 0 fully saturated rings. The molecular formula is C34H39FN2O6. The van der Waals surface area contributed by atoms with E-state index in [2.05, 4.69) is 4.98 Å². The van der Waals surface area contributed by atoms with Gasteiger partial charge in [-0.3, -0.25) is 9.59 Å². The Morgan fingerprint density at radius 3 is 2.49 bits per heavy atom. The summed E-state index contributed by atoms with van der Waals surface area (Å²) in [6, 6.07) is 6.79. The molecular weight excluding hydrogens is 551 g/mol. The van der Waals surface area contributed by atoms with Gasteiger partial charge in [0.25, 0.3) is 5.91 Å². The number of carbonyl (C=O) groups excluding carboxylic acids is 2. The molecule has 0 unspecified atom stereocenters. The Balaban J connectivity index is 1.79. The maximum absolute atomic E-state index is 14.3. The average Bonchev–Trinajstić information content (AvgIpc) is 2.92. The average molecular weight is 591 g/mol. The molecule has 1 aromatic carbocycles. The number of allylic oxidation sites excluding steroid dienone is 2. The Morgan fingerprint density at radius 2 is 1.86 bits per heavy atom. The Kier molecular flexibility index (Phi) is 7.96. The number of nitrogens with zero attached hydrogens (tertiary/aromatic N) is 2. The number of rotatable bonds is 7. The van der Waals surface area contributed by atoms with Crippen molar-refractivity contribution in [1.82, 2.24) is 9.88 Å². The number of hydrogen-bond donors (Lipinski definition) is 1. The molecule has 0 saturated carbocycles. The van der Waals surface area contributed by atoms with Gasteiger partial charge in [0.15, 0.2) is 11.5 Å². The molecule has 0 saturated heterocycles. The lowest BCUT2D eigenvalue weighted by atomic mass is 9.67. The zero-order chi connectivity index (χ0) is 31.4. The molecule has 9 heteroatoms. The van der Waals surface area contributed by atoms with E-state index in [1.807, 2.05) is 40.7 Å². The molecule has 1 amide bonds. The van der Waals surface area contributed by atoms with Crippen LogP contribution < -0.4 is 4.74 Å². The summed E-state index contributed by atoms with van der Waals surface area (Å²) in [6.45, 7) is 10.9. The second kappa shape index (κ2) is 11.2. The first kappa shape index (κ1) is 30.4. The number of benzene rings is 1. The van der Waals surface area contributed by atoms with E-state index in [1.54, 1.807) is 30.0 Å². The number of pyridine rings is 1. The highest BCUT2D eigenvalue weighted by Crippen LogP contribution is 2.54. The number of halogens is 1. The number of carbonyl (C=O) groups is 3. The molecule has 0 radical (unpaired) electrons. The largest absolute Gasteiger partial charge is 0.496 e. The highest BCUT2D eigenvalue weighted by molar-refractivity contribution is 6.06. The summed E-state index contributed by atoms with van der Waals surface area (Å²) >= 11 is 0. The first-order chi connectivity index (χ1) is 20.3. The summed E-state index contributed by atoms with van der Waals surface area (Å²) in [6.07, 6.45) is 1.22. The highest BCUT2D eigenvalue weighted by Gasteiger charge is 2.50. The van der Waals surface area contributed by atoms with Gasteiger partial charge in [0.2, 0.25) is 0 Å². The molecule has 1 aliphatic carbocycles. The summed E-state index contributed by atoms with van der Waals surface area (Å²) in [5.74, 6) is -0.769. The quantitative estimate of drug-likeness (QED) is 0.403. The number of carboxylic acid groups (broad SMARTS) is 1. The minimum absolute atomic E-state index is 0.0518. The lowest BCUT2D eigenvalue weighted by molar-refractivity contribution is -0.133. The Morgan fingerprint density at radius 1 is 1.14 bits per heavy atom. The van der Waals surface area contributed by atoms with Gasteiger partial charge in [-0.15, -0.1) is 0 Å². The number of Topliss-reactive ketones (excluding diaryl/α,β-unsaturated/α-hetero) is 1. The van der Waals surface area contributed by atoms with Crippen molar-refractivity contribution in [2.24, 2.45) is 11.3 Å². The van der Waals surface area contributed by atoms with Crippen LogP contribution in [0.1, 0.15) is 80.1 Å². The zero-order valence-corrected chi connectivity index (χ0v) is 25.8. The van der Waals surface area contributed by atoms with Gasteiger partial charge in [0.1, 0.15) is 23.9 Å². The minimum atomic E-state index is -1.13. The predicted octanol–water partition coefficient (Wildman–Crippen LogP) is 6.31. The fraction of sp³-hybridized carbons (Fsp3) is 0.471. The van der Waals surface area contributed by atoms with E-state index in [4.69, 9.17) is 9.47 Å². The SMILES string of the molecule is COc1ccc(-c2ccc(C)c(C(=O)O)n2)c(C)c1[C@H]1C2=C(CC(C)(C)CC2=O)OC2=C1C(=O)N(CCF)[C@H](C(C)C)C2. The van der Waals surface area contributed by atoms with E-state index in [0.717, 1.165) is 0 Å². The van der Waals surface area contributed by atoms with Crippen LogP contribution >= 0.6 is 0 Å². The summed E-state index contributed by atoms with van der Waals surface area (Å²) in [4.78, 5) is 46.2. The lowest BCUT2D eigenvalue weighted by Gasteiger charge is -2.45. The summed E-state index contributed by atoms with van der Waals surface area (Å²) < 4.78 is 26.2. The standard InChI is InChI=1S/C34H39FN2O6/c1-17(2)22-14-25-29(32(39)37(22)13-12-35)30(28-23(38)15-34(5,6)16-26(28)43-25)27-19(4)20(9-11-24(27)42-7)21-10-8-18(3)31(36-21)33(40)41/h8-11,17,22,30H,12-16H2,1-7H3,(H,40,41)/t22-,30-/m0/s1. The van der Waals surface area contributed by atoms with Crippen molar-refractivity contribution in [2.45, 2.75) is 72.8 Å². The third-order valence-electron chi connectivity index (χ3n) is 8.94. The molecule has 3 heterocycles. The second-order valence-electron chi connectivity index (χ2n) is 12.9. The molecule has 43 heavy (non-hydrogen) atoms. The minimum Gasteiger partial charge on any atom is -0.496 e. The molecule has 0 bridgehead atoms. The first-order valence-electron chi connectivity index (χ1n) is 14.7. The predicted molar refractivity (Wildman–Crippen MR) is 159 cm³/mol. The van der Waals surface area contributed by atoms with Crippen molar-refractivity contribution >= 4 is 17.7 Å². The number of hydrogen-bond acceptors (Lipinski definition) is 6. The van der Waals surface area contributed by atoms with Gasteiger partial charge in [-0.1, -0.05) is 33.8 Å². The van der Waals surface area contributed by atoms with Gasteiger partial charge < -0.3 is 19.5 Å². The molecule has 2 atom stereocenters. The third kappa shape index (κ3) is 5.23. The van der Waals surface area contributed by atoms with Crippen molar-refractivity contribution in [2.75, 3.05) is 20.3 Å². The van der Waals surface area contributed by atoms with Crippen molar-refractivity contribution in [1.29, 1.82) is 0 Å². The molecule has 228 valence electrons. The fourth-order valence-corrected chi connectivity index (χ4v) is 6.86. The molecule has 2 aromatic rings. The molecule has 8 nitrogen and oxygen atoms in total. The van der Waals surface area contributed by atoms with E-state index in [1.165, 1.54) is 7.11 Å². The van der Waals surface area contributed by atoms with E-state index in [0.29, 0.717) is 69.2 Å². The maximum Gasteiger partial charge on any atom is 0.354 e. The summed E-state index contributed by atoms with van der Waals surface area (Å²) in [7, 11) is 1.53. The summed E-state index contributed by atoms with van der Waals surface area (Å²) in [5, 5.41) is 9.72. The number of ketones is 1. The lowest BCUT2D eigenvalue weighted by Crippen LogP contribution is -2.51.